The Morgan fingerprint density at radius 2 is 2.13 bits per heavy atom. The number of carbonyl (C=O) groups excluding carboxylic acids is 1. The number of hydrogen-bond acceptors (Lipinski definition) is 4. The molecule has 0 aliphatic rings. The lowest BCUT2D eigenvalue weighted by molar-refractivity contribution is 0.0962. The summed E-state index contributed by atoms with van der Waals surface area (Å²) >= 11 is 1.52. The highest BCUT2D eigenvalue weighted by molar-refractivity contribution is 7.17. The molecule has 0 saturated heterocycles. The molecular formula is C17H13N3O2S. The van der Waals surface area contributed by atoms with Crippen LogP contribution >= 0.6 is 11.3 Å². The maximum absolute atomic E-state index is 12.2. The van der Waals surface area contributed by atoms with Gasteiger partial charge in [-0.3, -0.25) is 4.79 Å². The molecule has 1 amide bonds. The highest BCUT2D eigenvalue weighted by atomic mass is 32.1. The lowest BCUT2D eigenvalue weighted by atomic mass is 10.1. The predicted molar refractivity (Wildman–Crippen MR) is 89.4 cm³/mol. The molecule has 0 unspecified atom stereocenters. The number of rotatable bonds is 2. The molecule has 0 aliphatic heterocycles. The van der Waals surface area contributed by atoms with Crippen molar-refractivity contribution in [1.29, 1.82) is 0 Å². The SMILES string of the molecule is CCn1c(=NC(=O)c2ccno2)sc2c3ccccc3ccc21. The lowest BCUT2D eigenvalue weighted by Crippen LogP contribution is -2.15. The largest absolute Gasteiger partial charge is 0.351 e. The van der Waals surface area contributed by atoms with Crippen LogP contribution in [0, 0.1) is 0 Å². The van der Waals surface area contributed by atoms with Gasteiger partial charge in [0.25, 0.3) is 0 Å². The van der Waals surface area contributed by atoms with Gasteiger partial charge < -0.3 is 9.09 Å². The van der Waals surface area contributed by atoms with Gasteiger partial charge in [-0.2, -0.15) is 4.99 Å². The Hall–Kier alpha value is -2.73. The maximum Gasteiger partial charge on any atom is 0.318 e. The van der Waals surface area contributed by atoms with E-state index in [1.807, 2.05) is 23.6 Å². The summed E-state index contributed by atoms with van der Waals surface area (Å²) in [6, 6.07) is 13.9. The van der Waals surface area contributed by atoms with Crippen LogP contribution in [0.4, 0.5) is 0 Å². The summed E-state index contributed by atoms with van der Waals surface area (Å²) in [6.45, 7) is 2.78. The van der Waals surface area contributed by atoms with E-state index in [-0.39, 0.29) is 5.76 Å². The topological polar surface area (TPSA) is 60.4 Å². The molecule has 2 aromatic heterocycles. The van der Waals surface area contributed by atoms with E-state index in [1.54, 1.807) is 0 Å². The van der Waals surface area contributed by atoms with Gasteiger partial charge in [-0.1, -0.05) is 46.8 Å². The molecule has 2 aromatic carbocycles. The Kier molecular flexibility index (Phi) is 3.31. The fourth-order valence-electron chi connectivity index (χ4n) is 2.66. The molecule has 6 heteroatoms. The van der Waals surface area contributed by atoms with Crippen molar-refractivity contribution in [2.45, 2.75) is 13.5 Å². The molecule has 4 aromatic rings. The number of hydrogen-bond donors (Lipinski definition) is 0. The Labute approximate surface area is 135 Å². The number of thiazole rings is 1. The third-order valence-electron chi connectivity index (χ3n) is 3.74. The average molecular weight is 323 g/mol. The van der Waals surface area contributed by atoms with Crippen molar-refractivity contribution in [3.63, 3.8) is 0 Å². The molecule has 114 valence electrons. The molecule has 0 spiro atoms. The second-order valence-electron chi connectivity index (χ2n) is 5.06. The molecule has 0 radical (unpaired) electrons. The molecule has 0 atom stereocenters. The summed E-state index contributed by atoms with van der Waals surface area (Å²) in [5.41, 5.74) is 1.08. The number of amides is 1. The van der Waals surface area contributed by atoms with Gasteiger partial charge in [0.2, 0.25) is 5.76 Å². The number of nitrogens with zero attached hydrogens (tertiary/aromatic N) is 3. The van der Waals surface area contributed by atoms with Crippen LogP contribution in [0.15, 0.2) is 58.2 Å². The first-order valence-electron chi connectivity index (χ1n) is 7.29. The standard InChI is InChI=1S/C17H13N3O2S/c1-2-20-13-8-7-11-5-3-4-6-12(11)15(13)23-17(20)19-16(21)14-9-10-18-22-14/h3-10H,2H2,1H3. The van der Waals surface area contributed by atoms with Crippen molar-refractivity contribution in [3.05, 3.63) is 59.2 Å². The van der Waals surface area contributed by atoms with Crippen LogP contribution in [0.5, 0.6) is 0 Å². The quantitative estimate of drug-likeness (QED) is 0.566. The van der Waals surface area contributed by atoms with Crippen molar-refractivity contribution >= 4 is 38.2 Å². The zero-order valence-electron chi connectivity index (χ0n) is 12.4. The predicted octanol–water partition coefficient (Wildman–Crippen LogP) is 3.61. The first-order chi connectivity index (χ1) is 11.3. The number of aryl methyl sites for hydroxylation is 1. The molecule has 2 heterocycles. The first kappa shape index (κ1) is 13.9. The Morgan fingerprint density at radius 1 is 1.26 bits per heavy atom. The number of aromatic nitrogens is 2. The van der Waals surface area contributed by atoms with E-state index in [0.29, 0.717) is 4.80 Å². The molecule has 4 rings (SSSR count). The van der Waals surface area contributed by atoms with Gasteiger partial charge in [0, 0.05) is 18.0 Å². The van der Waals surface area contributed by atoms with E-state index in [0.717, 1.165) is 16.8 Å². The van der Waals surface area contributed by atoms with E-state index < -0.39 is 5.91 Å². The fraction of sp³-hybridized carbons (Fsp3) is 0.118. The molecule has 0 aliphatic carbocycles. The van der Waals surface area contributed by atoms with E-state index in [1.165, 1.54) is 34.4 Å². The second kappa shape index (κ2) is 5.48. The van der Waals surface area contributed by atoms with E-state index in [2.05, 4.69) is 34.4 Å². The minimum Gasteiger partial charge on any atom is -0.351 e. The molecule has 23 heavy (non-hydrogen) atoms. The maximum atomic E-state index is 12.2. The lowest BCUT2D eigenvalue weighted by Gasteiger charge is -2.02. The van der Waals surface area contributed by atoms with Crippen LogP contribution in [0.3, 0.4) is 0 Å². The van der Waals surface area contributed by atoms with E-state index >= 15 is 0 Å². The van der Waals surface area contributed by atoms with Crippen LogP contribution in [0.2, 0.25) is 0 Å². The summed E-state index contributed by atoms with van der Waals surface area (Å²) in [6.07, 6.45) is 1.44. The highest BCUT2D eigenvalue weighted by Gasteiger charge is 2.12. The summed E-state index contributed by atoms with van der Waals surface area (Å²) in [5, 5.41) is 5.90. The van der Waals surface area contributed by atoms with Gasteiger partial charge in [-0.25, -0.2) is 0 Å². The van der Waals surface area contributed by atoms with Crippen LogP contribution < -0.4 is 4.80 Å². The zero-order valence-corrected chi connectivity index (χ0v) is 13.2. The highest BCUT2D eigenvalue weighted by Crippen LogP contribution is 2.27. The minimum atomic E-state index is -0.416. The van der Waals surface area contributed by atoms with Crippen LogP contribution in [0.1, 0.15) is 17.5 Å². The van der Waals surface area contributed by atoms with Crippen molar-refractivity contribution < 1.29 is 9.32 Å². The normalized spacial score (nSPS) is 12.3. The van der Waals surface area contributed by atoms with E-state index in [9.17, 15) is 4.79 Å². The van der Waals surface area contributed by atoms with Crippen molar-refractivity contribution in [2.24, 2.45) is 4.99 Å². The van der Waals surface area contributed by atoms with Crippen molar-refractivity contribution in [1.82, 2.24) is 9.72 Å². The smallest absolute Gasteiger partial charge is 0.318 e. The molecule has 5 nitrogen and oxygen atoms in total. The van der Waals surface area contributed by atoms with Crippen LogP contribution in [-0.2, 0) is 6.54 Å². The second-order valence-corrected chi connectivity index (χ2v) is 6.04. The molecular weight excluding hydrogens is 310 g/mol. The van der Waals surface area contributed by atoms with Crippen molar-refractivity contribution in [2.75, 3.05) is 0 Å². The van der Waals surface area contributed by atoms with Crippen molar-refractivity contribution in [3.8, 4) is 0 Å². The minimum absolute atomic E-state index is 0.148. The Morgan fingerprint density at radius 3 is 2.91 bits per heavy atom. The monoisotopic (exact) mass is 323 g/mol. The van der Waals surface area contributed by atoms with E-state index in [4.69, 9.17) is 4.52 Å². The summed E-state index contributed by atoms with van der Waals surface area (Å²) in [7, 11) is 0. The van der Waals surface area contributed by atoms with Gasteiger partial charge in [-0.15, -0.1) is 0 Å². The van der Waals surface area contributed by atoms with Crippen LogP contribution in [0.25, 0.3) is 21.0 Å². The molecule has 0 bridgehead atoms. The van der Waals surface area contributed by atoms with Gasteiger partial charge in [-0.05, 0) is 18.4 Å². The fourth-order valence-corrected chi connectivity index (χ4v) is 3.89. The number of carbonyl (C=O) groups is 1. The average Bonchev–Trinajstić information content (AvgIpc) is 3.22. The summed E-state index contributed by atoms with van der Waals surface area (Å²) < 4.78 is 8.06. The third-order valence-corrected chi connectivity index (χ3v) is 4.86. The van der Waals surface area contributed by atoms with Gasteiger partial charge in [0.05, 0.1) is 16.4 Å². The summed E-state index contributed by atoms with van der Waals surface area (Å²) in [4.78, 5) is 17.1. The number of benzene rings is 2. The van der Waals surface area contributed by atoms with Gasteiger partial charge in [0.1, 0.15) is 0 Å². The zero-order chi connectivity index (χ0) is 15.8. The third kappa shape index (κ3) is 2.27. The Bertz CT molecular complexity index is 1070. The van der Waals surface area contributed by atoms with Crippen LogP contribution in [-0.4, -0.2) is 15.6 Å². The first-order valence-corrected chi connectivity index (χ1v) is 8.10. The Balaban J connectivity index is 2.00. The number of fused-ring (bicyclic) bond motifs is 3. The summed E-state index contributed by atoms with van der Waals surface area (Å²) in [5.74, 6) is -0.268. The van der Waals surface area contributed by atoms with Gasteiger partial charge in [0.15, 0.2) is 4.80 Å². The van der Waals surface area contributed by atoms with Gasteiger partial charge >= 0.3 is 5.91 Å². The molecule has 0 fully saturated rings. The molecule has 0 N–H and O–H groups in total. The molecule has 0 saturated carbocycles.